The van der Waals surface area contributed by atoms with Crippen LogP contribution in [-0.4, -0.2) is 42.7 Å². The summed E-state index contributed by atoms with van der Waals surface area (Å²) in [7, 11) is 1.60. The Bertz CT molecular complexity index is 437. The molecule has 0 aromatic carbocycles. The number of aromatic nitrogens is 2. The van der Waals surface area contributed by atoms with Gasteiger partial charge in [0.1, 0.15) is 17.5 Å². The molecule has 0 fully saturated rings. The Morgan fingerprint density at radius 3 is 2.80 bits per heavy atom. The maximum atomic E-state index is 11.5. The molecule has 0 aliphatic heterocycles. The molecule has 1 amide bonds. The minimum Gasteiger partial charge on any atom is -0.384 e. The molecule has 0 aliphatic carbocycles. The second kappa shape index (κ2) is 8.31. The van der Waals surface area contributed by atoms with Crippen LogP contribution in [-0.2, 0) is 9.53 Å². The third kappa shape index (κ3) is 5.83. The Morgan fingerprint density at radius 2 is 2.15 bits per heavy atom. The topological polar surface area (TPSA) is 102 Å². The molecule has 1 heterocycles. The minimum atomic E-state index is -0.0272. The van der Waals surface area contributed by atoms with Crippen molar-refractivity contribution < 1.29 is 9.53 Å². The Morgan fingerprint density at radius 1 is 1.40 bits per heavy atom. The zero-order chi connectivity index (χ0) is 15.0. The van der Waals surface area contributed by atoms with E-state index in [4.69, 9.17) is 10.5 Å². The van der Waals surface area contributed by atoms with E-state index in [9.17, 15) is 4.79 Å². The van der Waals surface area contributed by atoms with Crippen LogP contribution in [0.3, 0.4) is 0 Å². The molecule has 0 aliphatic rings. The lowest BCUT2D eigenvalue weighted by Crippen LogP contribution is -2.28. The molecule has 7 nitrogen and oxygen atoms in total. The van der Waals surface area contributed by atoms with Crippen molar-refractivity contribution in [3.8, 4) is 0 Å². The zero-order valence-corrected chi connectivity index (χ0v) is 12.3. The van der Waals surface area contributed by atoms with E-state index in [0.29, 0.717) is 43.6 Å². The number of amides is 1. The van der Waals surface area contributed by atoms with Crippen molar-refractivity contribution in [1.29, 1.82) is 0 Å². The molecule has 112 valence electrons. The summed E-state index contributed by atoms with van der Waals surface area (Å²) in [4.78, 5) is 20.0. The molecule has 1 aromatic rings. The van der Waals surface area contributed by atoms with Gasteiger partial charge in [0.05, 0.1) is 6.61 Å². The molecule has 1 rings (SSSR count). The van der Waals surface area contributed by atoms with E-state index < -0.39 is 0 Å². The van der Waals surface area contributed by atoms with Crippen molar-refractivity contribution in [2.75, 3.05) is 37.9 Å². The fourth-order valence-corrected chi connectivity index (χ4v) is 1.52. The van der Waals surface area contributed by atoms with Gasteiger partial charge in [-0.3, -0.25) is 4.79 Å². The highest BCUT2D eigenvalue weighted by Gasteiger charge is 2.07. The van der Waals surface area contributed by atoms with Crippen LogP contribution >= 0.6 is 0 Å². The van der Waals surface area contributed by atoms with Crippen molar-refractivity contribution >= 4 is 17.5 Å². The summed E-state index contributed by atoms with van der Waals surface area (Å²) in [6.45, 7) is 5.53. The van der Waals surface area contributed by atoms with Crippen LogP contribution in [0, 0.1) is 0 Å². The molecule has 4 N–H and O–H groups in total. The van der Waals surface area contributed by atoms with Crippen LogP contribution < -0.4 is 16.4 Å². The van der Waals surface area contributed by atoms with E-state index >= 15 is 0 Å². The second-order valence-corrected chi connectivity index (χ2v) is 4.71. The Hall–Kier alpha value is -1.89. The van der Waals surface area contributed by atoms with E-state index in [2.05, 4.69) is 20.6 Å². The van der Waals surface area contributed by atoms with Gasteiger partial charge >= 0.3 is 0 Å². The molecule has 0 saturated heterocycles. The first-order valence-corrected chi connectivity index (χ1v) is 6.67. The average molecular weight is 281 g/mol. The molecule has 0 saturated carbocycles. The van der Waals surface area contributed by atoms with Crippen LogP contribution in [0.5, 0.6) is 0 Å². The molecule has 0 radical (unpaired) electrons. The number of rotatable bonds is 8. The molecule has 1 aromatic heterocycles. The number of hydrogen-bond acceptors (Lipinski definition) is 6. The number of nitrogens with two attached hydrogens (primary N) is 1. The van der Waals surface area contributed by atoms with E-state index in [1.807, 2.05) is 13.8 Å². The molecule has 0 spiro atoms. The van der Waals surface area contributed by atoms with Crippen molar-refractivity contribution in [3.63, 3.8) is 0 Å². The van der Waals surface area contributed by atoms with Crippen LogP contribution in [0.1, 0.15) is 32.0 Å². The summed E-state index contributed by atoms with van der Waals surface area (Å²) in [5, 5.41) is 5.83. The lowest BCUT2D eigenvalue weighted by Gasteiger charge is -2.10. The third-order valence-electron chi connectivity index (χ3n) is 2.57. The van der Waals surface area contributed by atoms with Gasteiger partial charge in [-0.2, -0.15) is 0 Å². The van der Waals surface area contributed by atoms with Gasteiger partial charge in [-0.25, -0.2) is 9.97 Å². The molecule has 0 atom stereocenters. The lowest BCUT2D eigenvalue weighted by molar-refractivity contribution is -0.121. The largest absolute Gasteiger partial charge is 0.384 e. The maximum Gasteiger partial charge on any atom is 0.221 e. The fraction of sp³-hybridized carbons (Fsp3) is 0.615. The SMILES string of the molecule is COCCNC(=O)CCNc1cc(N)nc(C(C)C)n1. The quantitative estimate of drug-likeness (QED) is 0.608. The van der Waals surface area contributed by atoms with Crippen LogP contribution in [0.25, 0.3) is 0 Å². The van der Waals surface area contributed by atoms with Gasteiger partial charge in [-0.15, -0.1) is 0 Å². The minimum absolute atomic E-state index is 0.0272. The smallest absolute Gasteiger partial charge is 0.221 e. The van der Waals surface area contributed by atoms with Gasteiger partial charge in [0, 0.05) is 38.6 Å². The summed E-state index contributed by atoms with van der Waals surface area (Å²) in [6.07, 6.45) is 0.366. The van der Waals surface area contributed by atoms with Gasteiger partial charge in [-0.05, 0) is 0 Å². The number of nitrogen functional groups attached to an aromatic ring is 1. The second-order valence-electron chi connectivity index (χ2n) is 4.71. The summed E-state index contributed by atoms with van der Waals surface area (Å²) in [6, 6.07) is 1.66. The first-order valence-electron chi connectivity index (χ1n) is 6.67. The third-order valence-corrected chi connectivity index (χ3v) is 2.57. The zero-order valence-electron chi connectivity index (χ0n) is 12.3. The van der Waals surface area contributed by atoms with Crippen molar-refractivity contribution in [3.05, 3.63) is 11.9 Å². The highest BCUT2D eigenvalue weighted by Crippen LogP contribution is 2.14. The number of ether oxygens (including phenoxy) is 1. The molecular formula is C13H23N5O2. The van der Waals surface area contributed by atoms with Crippen LogP contribution in [0.2, 0.25) is 0 Å². The molecule has 20 heavy (non-hydrogen) atoms. The molecular weight excluding hydrogens is 258 g/mol. The van der Waals surface area contributed by atoms with Crippen molar-refractivity contribution in [2.24, 2.45) is 0 Å². The monoisotopic (exact) mass is 281 g/mol. The Labute approximate surface area is 119 Å². The summed E-state index contributed by atoms with van der Waals surface area (Å²) < 4.78 is 4.85. The summed E-state index contributed by atoms with van der Waals surface area (Å²) in [5.41, 5.74) is 5.73. The fourth-order valence-electron chi connectivity index (χ4n) is 1.52. The number of carbonyl (C=O) groups is 1. The van der Waals surface area contributed by atoms with Crippen LogP contribution in [0.4, 0.5) is 11.6 Å². The van der Waals surface area contributed by atoms with Gasteiger partial charge < -0.3 is 21.1 Å². The van der Waals surface area contributed by atoms with Crippen LogP contribution in [0.15, 0.2) is 6.07 Å². The first kappa shape index (κ1) is 16.2. The molecule has 0 unspecified atom stereocenters. The first-order chi connectivity index (χ1) is 9.52. The van der Waals surface area contributed by atoms with E-state index in [-0.39, 0.29) is 11.8 Å². The molecule has 0 bridgehead atoms. The van der Waals surface area contributed by atoms with E-state index in [0.717, 1.165) is 0 Å². The number of nitrogens with zero attached hydrogens (tertiary/aromatic N) is 2. The standard InChI is InChI=1S/C13H23N5O2/c1-9(2)13-17-10(14)8-11(18-13)15-5-4-12(19)16-6-7-20-3/h8-9H,4-7H2,1-3H3,(H,16,19)(H3,14,15,17,18). The number of hydrogen-bond donors (Lipinski definition) is 3. The van der Waals surface area contributed by atoms with Crippen molar-refractivity contribution in [2.45, 2.75) is 26.2 Å². The van der Waals surface area contributed by atoms with E-state index in [1.165, 1.54) is 0 Å². The number of methoxy groups -OCH3 is 1. The normalized spacial score (nSPS) is 10.6. The van der Waals surface area contributed by atoms with Gasteiger partial charge in [0.15, 0.2) is 0 Å². The highest BCUT2D eigenvalue weighted by atomic mass is 16.5. The van der Waals surface area contributed by atoms with E-state index in [1.54, 1.807) is 13.2 Å². The maximum absolute atomic E-state index is 11.5. The predicted octanol–water partition coefficient (Wildman–Crippen LogP) is 0.747. The lowest BCUT2D eigenvalue weighted by atomic mass is 10.2. The Kier molecular flexibility index (Phi) is 6.72. The molecule has 7 heteroatoms. The number of nitrogens with one attached hydrogen (secondary N) is 2. The highest BCUT2D eigenvalue weighted by molar-refractivity contribution is 5.76. The Balaban J connectivity index is 2.40. The van der Waals surface area contributed by atoms with Gasteiger partial charge in [0.2, 0.25) is 5.91 Å². The summed E-state index contributed by atoms with van der Waals surface area (Å²) >= 11 is 0. The number of carbonyl (C=O) groups excluding carboxylic acids is 1. The van der Waals surface area contributed by atoms with Gasteiger partial charge in [0.25, 0.3) is 0 Å². The number of anilines is 2. The predicted molar refractivity (Wildman–Crippen MR) is 78.5 cm³/mol. The van der Waals surface area contributed by atoms with Crippen molar-refractivity contribution in [1.82, 2.24) is 15.3 Å². The van der Waals surface area contributed by atoms with Gasteiger partial charge in [-0.1, -0.05) is 13.8 Å². The average Bonchev–Trinajstić information content (AvgIpc) is 2.38. The summed E-state index contributed by atoms with van der Waals surface area (Å²) in [5.74, 6) is 1.94.